The average Bonchev–Trinajstić information content (AvgIpc) is 2.41. The predicted molar refractivity (Wildman–Crippen MR) is 76.9 cm³/mol. The van der Waals surface area contributed by atoms with Gasteiger partial charge in [-0.3, -0.25) is 10.1 Å². The summed E-state index contributed by atoms with van der Waals surface area (Å²) in [6.07, 6.45) is 2.12. The first kappa shape index (κ1) is 14.1. The smallest absolute Gasteiger partial charge is 0.289 e. The summed E-state index contributed by atoms with van der Waals surface area (Å²) in [4.78, 5) is 12.8. The third kappa shape index (κ3) is 3.58. The molecule has 2 rings (SSSR count). The van der Waals surface area contributed by atoms with Gasteiger partial charge in [0.2, 0.25) is 0 Å². The minimum Gasteiger partial charge on any atom is -0.382 e. The first-order valence-corrected chi connectivity index (χ1v) is 6.90. The highest BCUT2D eigenvalue weighted by molar-refractivity contribution is 6.32. The lowest BCUT2D eigenvalue weighted by atomic mass is 10.0. The van der Waals surface area contributed by atoms with Gasteiger partial charge in [-0.1, -0.05) is 18.5 Å². The molecule has 0 spiro atoms. The third-order valence-corrected chi connectivity index (χ3v) is 3.87. The summed E-state index contributed by atoms with van der Waals surface area (Å²) in [5.74, 6) is 0. The molecule has 19 heavy (non-hydrogen) atoms. The number of hydrogen-bond donors (Lipinski definition) is 1. The molecule has 1 heterocycles. The SMILES string of the molecule is CCN1CCC(Nc2ccc(Cl)c([N+](=O)[O-])c2)CC1. The van der Waals surface area contributed by atoms with E-state index >= 15 is 0 Å². The van der Waals surface area contributed by atoms with Crippen LogP contribution in [0.15, 0.2) is 18.2 Å². The first-order chi connectivity index (χ1) is 9.10. The molecule has 1 fully saturated rings. The van der Waals surface area contributed by atoms with Gasteiger partial charge >= 0.3 is 0 Å². The topological polar surface area (TPSA) is 58.4 Å². The summed E-state index contributed by atoms with van der Waals surface area (Å²) in [5.41, 5.74) is 0.726. The molecule has 0 atom stereocenters. The molecule has 1 aliphatic rings. The largest absolute Gasteiger partial charge is 0.382 e. The molecule has 1 N–H and O–H groups in total. The highest BCUT2D eigenvalue weighted by atomic mass is 35.5. The van der Waals surface area contributed by atoms with Crippen LogP contribution in [0.3, 0.4) is 0 Å². The van der Waals surface area contributed by atoms with Crippen LogP contribution in [0.25, 0.3) is 0 Å². The van der Waals surface area contributed by atoms with Gasteiger partial charge < -0.3 is 10.2 Å². The number of piperidine rings is 1. The maximum atomic E-state index is 10.8. The number of rotatable bonds is 4. The Kier molecular flexibility index (Phi) is 4.61. The van der Waals surface area contributed by atoms with Crippen molar-refractivity contribution in [3.63, 3.8) is 0 Å². The number of nitro groups is 1. The lowest BCUT2D eigenvalue weighted by Gasteiger charge is -2.31. The molecule has 0 aromatic heterocycles. The zero-order chi connectivity index (χ0) is 13.8. The van der Waals surface area contributed by atoms with Gasteiger partial charge in [-0.15, -0.1) is 0 Å². The third-order valence-electron chi connectivity index (χ3n) is 3.55. The van der Waals surface area contributed by atoms with E-state index in [1.807, 2.05) is 0 Å². The molecule has 0 bridgehead atoms. The Labute approximate surface area is 117 Å². The zero-order valence-electron chi connectivity index (χ0n) is 10.9. The number of anilines is 1. The van der Waals surface area contributed by atoms with Crippen molar-refractivity contribution in [2.24, 2.45) is 0 Å². The minimum atomic E-state index is -0.451. The first-order valence-electron chi connectivity index (χ1n) is 6.53. The molecule has 0 aliphatic carbocycles. The van der Waals surface area contributed by atoms with E-state index in [4.69, 9.17) is 11.6 Å². The van der Waals surface area contributed by atoms with E-state index in [9.17, 15) is 10.1 Å². The quantitative estimate of drug-likeness (QED) is 0.681. The highest BCUT2D eigenvalue weighted by Crippen LogP contribution is 2.28. The van der Waals surface area contributed by atoms with Crippen molar-refractivity contribution in [1.82, 2.24) is 4.90 Å². The molecule has 0 saturated carbocycles. The molecule has 1 aromatic rings. The molecule has 6 heteroatoms. The van der Waals surface area contributed by atoms with Gasteiger partial charge in [0.05, 0.1) is 4.92 Å². The van der Waals surface area contributed by atoms with Gasteiger partial charge in [-0.25, -0.2) is 0 Å². The van der Waals surface area contributed by atoms with Gasteiger partial charge in [0.1, 0.15) is 5.02 Å². The number of nitro benzene ring substituents is 1. The van der Waals surface area contributed by atoms with E-state index in [1.165, 1.54) is 6.07 Å². The van der Waals surface area contributed by atoms with E-state index in [0.29, 0.717) is 6.04 Å². The molecule has 1 aliphatic heterocycles. The van der Waals surface area contributed by atoms with Crippen molar-refractivity contribution in [3.05, 3.63) is 33.3 Å². The van der Waals surface area contributed by atoms with Crippen LogP contribution >= 0.6 is 11.6 Å². The second kappa shape index (κ2) is 6.21. The van der Waals surface area contributed by atoms with Crippen molar-refractivity contribution in [2.45, 2.75) is 25.8 Å². The molecule has 0 radical (unpaired) electrons. The summed E-state index contributed by atoms with van der Waals surface area (Å²) in [6, 6.07) is 5.25. The Morgan fingerprint density at radius 3 is 2.74 bits per heavy atom. The number of hydrogen-bond acceptors (Lipinski definition) is 4. The predicted octanol–water partition coefficient (Wildman–Crippen LogP) is 3.14. The molecule has 0 unspecified atom stereocenters. The Hall–Kier alpha value is -1.33. The second-order valence-corrected chi connectivity index (χ2v) is 5.18. The molecular formula is C13H18ClN3O2. The van der Waals surface area contributed by atoms with Crippen molar-refractivity contribution in [1.29, 1.82) is 0 Å². The second-order valence-electron chi connectivity index (χ2n) is 4.78. The summed E-state index contributed by atoms with van der Waals surface area (Å²) in [7, 11) is 0. The van der Waals surface area contributed by atoms with Gasteiger partial charge in [-0.05, 0) is 31.5 Å². The van der Waals surface area contributed by atoms with Gasteiger partial charge in [0.25, 0.3) is 5.69 Å². The Morgan fingerprint density at radius 1 is 1.47 bits per heavy atom. The van der Waals surface area contributed by atoms with Gasteiger partial charge in [0.15, 0.2) is 0 Å². The van der Waals surface area contributed by atoms with Crippen LogP contribution in [0.1, 0.15) is 19.8 Å². The molecular weight excluding hydrogens is 266 g/mol. The average molecular weight is 284 g/mol. The lowest BCUT2D eigenvalue weighted by Crippen LogP contribution is -2.38. The van der Waals surface area contributed by atoms with Crippen molar-refractivity contribution < 1.29 is 4.92 Å². The van der Waals surface area contributed by atoms with Crippen LogP contribution in [-0.4, -0.2) is 35.5 Å². The van der Waals surface area contributed by atoms with Crippen LogP contribution in [-0.2, 0) is 0 Å². The standard InChI is InChI=1S/C13H18ClN3O2/c1-2-16-7-5-10(6-8-16)15-11-3-4-12(14)13(9-11)17(18)19/h3-4,9-10,15H,2,5-8H2,1H3. The van der Waals surface area contributed by atoms with Crippen LogP contribution in [0, 0.1) is 10.1 Å². The van der Waals surface area contributed by atoms with Crippen LogP contribution in [0.4, 0.5) is 11.4 Å². The zero-order valence-corrected chi connectivity index (χ0v) is 11.7. The molecule has 104 valence electrons. The number of benzene rings is 1. The normalized spacial score (nSPS) is 17.4. The number of likely N-dealkylation sites (tertiary alicyclic amines) is 1. The maximum Gasteiger partial charge on any atom is 0.289 e. The van der Waals surface area contributed by atoms with E-state index in [0.717, 1.165) is 38.2 Å². The van der Waals surface area contributed by atoms with Crippen molar-refractivity contribution in [2.75, 3.05) is 25.0 Å². The number of halogens is 1. The van der Waals surface area contributed by atoms with E-state index < -0.39 is 4.92 Å². The lowest BCUT2D eigenvalue weighted by molar-refractivity contribution is -0.384. The maximum absolute atomic E-state index is 10.8. The van der Waals surface area contributed by atoms with Gasteiger partial charge in [0, 0.05) is 30.9 Å². The number of nitrogens with one attached hydrogen (secondary N) is 1. The molecule has 1 aromatic carbocycles. The van der Waals surface area contributed by atoms with E-state index in [2.05, 4.69) is 17.1 Å². The summed E-state index contributed by atoms with van der Waals surface area (Å²) >= 11 is 5.80. The fourth-order valence-corrected chi connectivity index (χ4v) is 2.56. The fraction of sp³-hybridized carbons (Fsp3) is 0.538. The highest BCUT2D eigenvalue weighted by Gasteiger charge is 2.19. The van der Waals surface area contributed by atoms with Crippen molar-refractivity contribution in [3.8, 4) is 0 Å². The fourth-order valence-electron chi connectivity index (χ4n) is 2.37. The Bertz CT molecular complexity index is 459. The monoisotopic (exact) mass is 283 g/mol. The van der Waals surface area contributed by atoms with Crippen LogP contribution in [0.2, 0.25) is 5.02 Å². The number of nitrogens with zero attached hydrogens (tertiary/aromatic N) is 2. The molecule has 0 amide bonds. The summed E-state index contributed by atoms with van der Waals surface area (Å²) in [6.45, 7) is 5.39. The van der Waals surface area contributed by atoms with Crippen LogP contribution in [0.5, 0.6) is 0 Å². The Morgan fingerprint density at radius 2 is 2.16 bits per heavy atom. The summed E-state index contributed by atoms with van der Waals surface area (Å²) in [5, 5.41) is 14.4. The van der Waals surface area contributed by atoms with E-state index in [1.54, 1.807) is 12.1 Å². The summed E-state index contributed by atoms with van der Waals surface area (Å²) < 4.78 is 0. The van der Waals surface area contributed by atoms with Gasteiger partial charge in [-0.2, -0.15) is 0 Å². The van der Waals surface area contributed by atoms with E-state index in [-0.39, 0.29) is 10.7 Å². The molecule has 1 saturated heterocycles. The van der Waals surface area contributed by atoms with Crippen LogP contribution < -0.4 is 5.32 Å². The Balaban J connectivity index is 2.00. The minimum absolute atomic E-state index is 0.0438. The molecule has 5 nitrogen and oxygen atoms in total. The van der Waals surface area contributed by atoms with Crippen molar-refractivity contribution >= 4 is 23.0 Å².